The minimum absolute atomic E-state index is 0.0783. The molecule has 0 saturated heterocycles. The summed E-state index contributed by atoms with van der Waals surface area (Å²) in [6.45, 7) is -1.79. The topological polar surface area (TPSA) is 56.8 Å². The second-order valence-corrected chi connectivity index (χ2v) is 4.89. The molecule has 0 aromatic heterocycles. The van der Waals surface area contributed by atoms with E-state index in [0.29, 0.717) is 11.5 Å². The third-order valence-electron chi connectivity index (χ3n) is 2.98. The van der Waals surface area contributed by atoms with Gasteiger partial charge in [0.05, 0.1) is 12.8 Å². The number of methoxy groups -OCH3 is 1. The number of para-hydroxylation sites is 4. The van der Waals surface area contributed by atoms with Crippen LogP contribution >= 0.6 is 0 Å². The number of halogens is 3. The fraction of sp³-hybridized carbons (Fsp3) is 0.235. The normalized spacial score (nSPS) is 10.9. The van der Waals surface area contributed by atoms with E-state index in [1.165, 1.54) is 25.3 Å². The number of amides is 1. The first-order valence-electron chi connectivity index (χ1n) is 7.23. The standard InChI is InChI=1S/C17H16F3NO4/c1-23-14-8-4-5-9-15(14)24-10-16(22)21-12-6-2-3-7-13(12)25-11-17(18,19)20/h2-9H,10-11H2,1H3,(H,21,22). The molecule has 0 aliphatic rings. The van der Waals surface area contributed by atoms with Gasteiger partial charge in [-0.25, -0.2) is 0 Å². The summed E-state index contributed by atoms with van der Waals surface area (Å²) in [5.41, 5.74) is 0.125. The van der Waals surface area contributed by atoms with Gasteiger partial charge in [-0.3, -0.25) is 4.79 Å². The zero-order valence-corrected chi connectivity index (χ0v) is 13.3. The van der Waals surface area contributed by atoms with Gasteiger partial charge >= 0.3 is 6.18 Å². The second-order valence-electron chi connectivity index (χ2n) is 4.89. The summed E-state index contributed by atoms with van der Waals surface area (Å²) in [7, 11) is 1.47. The SMILES string of the molecule is COc1ccccc1OCC(=O)Nc1ccccc1OCC(F)(F)F. The summed E-state index contributed by atoms with van der Waals surface area (Å²) in [4.78, 5) is 12.0. The van der Waals surface area contributed by atoms with Gasteiger partial charge in [0.15, 0.2) is 24.7 Å². The van der Waals surface area contributed by atoms with E-state index in [-0.39, 0.29) is 18.0 Å². The van der Waals surface area contributed by atoms with Crippen LogP contribution in [0.4, 0.5) is 18.9 Å². The van der Waals surface area contributed by atoms with E-state index in [1.54, 1.807) is 30.3 Å². The molecule has 0 aliphatic heterocycles. The highest BCUT2D eigenvalue weighted by molar-refractivity contribution is 5.93. The van der Waals surface area contributed by atoms with E-state index < -0.39 is 18.7 Å². The Morgan fingerprint density at radius 2 is 1.56 bits per heavy atom. The number of hydrogen-bond acceptors (Lipinski definition) is 4. The van der Waals surface area contributed by atoms with E-state index in [0.717, 1.165) is 0 Å². The Balaban J connectivity index is 1.96. The molecule has 0 radical (unpaired) electrons. The first-order valence-corrected chi connectivity index (χ1v) is 7.23. The monoisotopic (exact) mass is 355 g/mol. The van der Waals surface area contributed by atoms with Crippen LogP contribution in [0.5, 0.6) is 17.2 Å². The summed E-state index contributed by atoms with van der Waals surface area (Å²) in [6.07, 6.45) is -4.47. The molecule has 0 heterocycles. The van der Waals surface area contributed by atoms with Gasteiger partial charge in [-0.1, -0.05) is 24.3 Å². The van der Waals surface area contributed by atoms with Crippen molar-refractivity contribution in [3.05, 3.63) is 48.5 Å². The van der Waals surface area contributed by atoms with Crippen molar-refractivity contribution in [1.82, 2.24) is 0 Å². The fourth-order valence-electron chi connectivity index (χ4n) is 1.92. The van der Waals surface area contributed by atoms with Gasteiger partial charge in [0.25, 0.3) is 5.91 Å². The Labute approximate surface area is 142 Å². The van der Waals surface area contributed by atoms with Crippen molar-refractivity contribution in [1.29, 1.82) is 0 Å². The van der Waals surface area contributed by atoms with Gasteiger partial charge < -0.3 is 19.5 Å². The Morgan fingerprint density at radius 3 is 2.20 bits per heavy atom. The first-order chi connectivity index (χ1) is 11.9. The second kappa shape index (κ2) is 8.27. The maximum atomic E-state index is 12.3. The molecule has 0 spiro atoms. The van der Waals surface area contributed by atoms with Crippen molar-refractivity contribution in [3.63, 3.8) is 0 Å². The first kappa shape index (κ1) is 18.4. The molecular formula is C17H16F3NO4. The van der Waals surface area contributed by atoms with Gasteiger partial charge in [0.1, 0.15) is 5.75 Å². The largest absolute Gasteiger partial charge is 0.493 e. The fourth-order valence-corrected chi connectivity index (χ4v) is 1.92. The van der Waals surface area contributed by atoms with Gasteiger partial charge in [-0.15, -0.1) is 0 Å². The van der Waals surface area contributed by atoms with Crippen LogP contribution in [0, 0.1) is 0 Å². The molecule has 0 fully saturated rings. The van der Waals surface area contributed by atoms with Crippen molar-refractivity contribution in [2.24, 2.45) is 0 Å². The zero-order chi connectivity index (χ0) is 18.3. The summed E-state index contributed by atoms with van der Waals surface area (Å²) >= 11 is 0. The minimum Gasteiger partial charge on any atom is -0.493 e. The number of carbonyl (C=O) groups excluding carboxylic acids is 1. The number of benzene rings is 2. The van der Waals surface area contributed by atoms with Gasteiger partial charge in [-0.2, -0.15) is 13.2 Å². The highest BCUT2D eigenvalue weighted by atomic mass is 19.4. The Bertz CT molecular complexity index is 719. The molecule has 2 rings (SSSR count). The minimum atomic E-state index is -4.47. The summed E-state index contributed by atoms with van der Waals surface area (Å²) in [5, 5.41) is 2.46. The lowest BCUT2D eigenvalue weighted by atomic mass is 10.3. The van der Waals surface area contributed by atoms with Crippen molar-refractivity contribution in [2.45, 2.75) is 6.18 Å². The lowest BCUT2D eigenvalue weighted by molar-refractivity contribution is -0.153. The lowest BCUT2D eigenvalue weighted by Gasteiger charge is -2.14. The summed E-state index contributed by atoms with van der Waals surface area (Å²) in [5.74, 6) is 0.213. The van der Waals surface area contributed by atoms with Crippen molar-refractivity contribution >= 4 is 11.6 Å². The Morgan fingerprint density at radius 1 is 0.960 bits per heavy atom. The number of nitrogens with one attached hydrogen (secondary N) is 1. The van der Waals surface area contributed by atoms with Crippen molar-refractivity contribution in [3.8, 4) is 17.2 Å². The predicted molar refractivity (Wildman–Crippen MR) is 85.1 cm³/mol. The van der Waals surface area contributed by atoms with Crippen LogP contribution < -0.4 is 19.5 Å². The van der Waals surface area contributed by atoms with Crippen LogP contribution in [0.15, 0.2) is 48.5 Å². The maximum Gasteiger partial charge on any atom is 0.422 e. The van der Waals surface area contributed by atoms with E-state index in [1.807, 2.05) is 0 Å². The average molecular weight is 355 g/mol. The van der Waals surface area contributed by atoms with Gasteiger partial charge in [0.2, 0.25) is 0 Å². The summed E-state index contributed by atoms with van der Waals surface area (Å²) in [6, 6.07) is 12.6. The van der Waals surface area contributed by atoms with Crippen LogP contribution in [0.25, 0.3) is 0 Å². The molecule has 0 unspecified atom stereocenters. The molecule has 1 N–H and O–H groups in total. The van der Waals surface area contributed by atoms with Gasteiger partial charge in [-0.05, 0) is 24.3 Å². The van der Waals surface area contributed by atoms with Crippen molar-refractivity contribution < 1.29 is 32.2 Å². The van der Waals surface area contributed by atoms with Crippen LogP contribution in [-0.4, -0.2) is 32.4 Å². The quantitative estimate of drug-likeness (QED) is 0.824. The van der Waals surface area contributed by atoms with E-state index in [4.69, 9.17) is 14.2 Å². The van der Waals surface area contributed by atoms with Crippen molar-refractivity contribution in [2.75, 3.05) is 25.6 Å². The average Bonchev–Trinajstić information content (AvgIpc) is 2.58. The van der Waals surface area contributed by atoms with E-state index in [2.05, 4.69) is 5.32 Å². The number of rotatable bonds is 7. The predicted octanol–water partition coefficient (Wildman–Crippen LogP) is 3.65. The van der Waals surface area contributed by atoms with Crippen LogP contribution in [0.3, 0.4) is 0 Å². The number of alkyl halides is 3. The highest BCUT2D eigenvalue weighted by Gasteiger charge is 2.28. The molecule has 5 nitrogen and oxygen atoms in total. The van der Waals surface area contributed by atoms with Gasteiger partial charge in [0, 0.05) is 0 Å². The van der Waals surface area contributed by atoms with Crippen LogP contribution in [-0.2, 0) is 4.79 Å². The number of ether oxygens (including phenoxy) is 3. The molecule has 134 valence electrons. The maximum absolute atomic E-state index is 12.3. The molecule has 25 heavy (non-hydrogen) atoms. The molecule has 2 aromatic rings. The molecule has 0 bridgehead atoms. The van der Waals surface area contributed by atoms with E-state index >= 15 is 0 Å². The number of anilines is 1. The molecule has 8 heteroatoms. The molecule has 0 atom stereocenters. The third-order valence-corrected chi connectivity index (χ3v) is 2.98. The smallest absolute Gasteiger partial charge is 0.422 e. The molecule has 1 amide bonds. The third kappa shape index (κ3) is 5.91. The van der Waals surface area contributed by atoms with Crippen LogP contribution in [0.2, 0.25) is 0 Å². The lowest BCUT2D eigenvalue weighted by Crippen LogP contribution is -2.22. The Hall–Kier alpha value is -2.90. The molecule has 0 saturated carbocycles. The molecular weight excluding hydrogens is 339 g/mol. The summed E-state index contributed by atoms with van der Waals surface area (Å²) < 4.78 is 52.0. The molecule has 0 aliphatic carbocycles. The number of carbonyl (C=O) groups is 1. The Kier molecular flexibility index (Phi) is 6.10. The number of hydrogen-bond donors (Lipinski definition) is 1. The highest BCUT2D eigenvalue weighted by Crippen LogP contribution is 2.27. The molecule has 2 aromatic carbocycles. The van der Waals surface area contributed by atoms with Crippen LogP contribution in [0.1, 0.15) is 0 Å². The zero-order valence-electron chi connectivity index (χ0n) is 13.3. The van der Waals surface area contributed by atoms with E-state index in [9.17, 15) is 18.0 Å².